The molecule has 0 spiro atoms. The van der Waals surface area contributed by atoms with Gasteiger partial charge in [-0.1, -0.05) is 64.0 Å². The van der Waals surface area contributed by atoms with Crippen LogP contribution in [0.2, 0.25) is 0 Å². The van der Waals surface area contributed by atoms with Crippen LogP contribution < -0.4 is 0 Å². The Balaban J connectivity index is 3.00. The number of unbranched alkanes of at least 4 members (excludes halogenated alkanes) is 11. The van der Waals surface area contributed by atoms with Crippen molar-refractivity contribution in [2.75, 3.05) is 0 Å². The highest BCUT2D eigenvalue weighted by Gasteiger charge is 1.90. The lowest BCUT2D eigenvalue weighted by atomic mass is 10.1. The van der Waals surface area contributed by atoms with E-state index in [0.29, 0.717) is 0 Å². The fraction of sp³-hybridized carbons (Fsp3) is 0.778. The Labute approximate surface area is 116 Å². The Bertz CT molecular complexity index is 178. The summed E-state index contributed by atoms with van der Waals surface area (Å²) in [7, 11) is 0. The molecule has 1 radical (unpaired) electrons. The third kappa shape index (κ3) is 15.5. The van der Waals surface area contributed by atoms with E-state index in [0.717, 1.165) is 0 Å². The molecule has 105 valence electrons. The van der Waals surface area contributed by atoms with E-state index in [1.807, 2.05) is 6.08 Å². The van der Waals surface area contributed by atoms with Crippen LogP contribution >= 0.6 is 0 Å². The normalized spacial score (nSPS) is 11.2. The van der Waals surface area contributed by atoms with Crippen molar-refractivity contribution < 1.29 is 0 Å². The van der Waals surface area contributed by atoms with Gasteiger partial charge in [0.05, 0.1) is 0 Å². The van der Waals surface area contributed by atoms with E-state index in [2.05, 4.69) is 25.7 Å². The third-order valence-electron chi connectivity index (χ3n) is 3.33. The molecule has 0 unspecified atom stereocenters. The quantitative estimate of drug-likeness (QED) is 0.239. The first-order valence-electron chi connectivity index (χ1n) is 8.07. The van der Waals surface area contributed by atoms with Crippen molar-refractivity contribution in [2.24, 2.45) is 0 Å². The molecule has 0 saturated carbocycles. The molecule has 0 heteroatoms. The maximum absolute atomic E-state index is 3.75. The van der Waals surface area contributed by atoms with E-state index in [-0.39, 0.29) is 0 Å². The van der Waals surface area contributed by atoms with Crippen molar-refractivity contribution in [2.45, 2.75) is 90.4 Å². The van der Waals surface area contributed by atoms with Gasteiger partial charge in [0.15, 0.2) is 0 Å². The van der Waals surface area contributed by atoms with Crippen molar-refractivity contribution in [1.29, 1.82) is 0 Å². The number of rotatable bonds is 14. The van der Waals surface area contributed by atoms with Gasteiger partial charge in [0, 0.05) is 0 Å². The van der Waals surface area contributed by atoms with Crippen LogP contribution in [-0.2, 0) is 0 Å². The van der Waals surface area contributed by atoms with Crippen LogP contribution in [0.15, 0.2) is 18.7 Å². The van der Waals surface area contributed by atoms with E-state index < -0.39 is 0 Å². The van der Waals surface area contributed by atoms with Gasteiger partial charge in [-0.05, 0) is 44.6 Å². The molecule has 0 amide bonds. The molecular formula is C18H33. The summed E-state index contributed by atoms with van der Waals surface area (Å²) in [5.41, 5.74) is 0. The van der Waals surface area contributed by atoms with Crippen LogP contribution in [0.3, 0.4) is 0 Å². The lowest BCUT2D eigenvalue weighted by Gasteiger charge is -1.99. The molecule has 0 aliphatic rings. The van der Waals surface area contributed by atoms with E-state index >= 15 is 0 Å². The van der Waals surface area contributed by atoms with Gasteiger partial charge in [-0.3, -0.25) is 0 Å². The summed E-state index contributed by atoms with van der Waals surface area (Å²) in [4.78, 5) is 0. The fourth-order valence-corrected chi connectivity index (χ4v) is 2.10. The summed E-state index contributed by atoms with van der Waals surface area (Å²) in [6.07, 6.45) is 25.0. The van der Waals surface area contributed by atoms with Crippen LogP contribution in [0.5, 0.6) is 0 Å². The van der Waals surface area contributed by atoms with Gasteiger partial charge in [0.1, 0.15) is 0 Å². The molecule has 0 aromatic carbocycles. The van der Waals surface area contributed by atoms with Gasteiger partial charge >= 0.3 is 0 Å². The zero-order valence-corrected chi connectivity index (χ0v) is 12.6. The van der Waals surface area contributed by atoms with Crippen molar-refractivity contribution >= 4 is 0 Å². The van der Waals surface area contributed by atoms with Gasteiger partial charge in [0.25, 0.3) is 0 Å². The second kappa shape index (κ2) is 16.5. The summed E-state index contributed by atoms with van der Waals surface area (Å²) >= 11 is 0. The zero-order valence-electron chi connectivity index (χ0n) is 12.6. The van der Waals surface area contributed by atoms with Gasteiger partial charge in [-0.15, -0.1) is 6.58 Å². The van der Waals surface area contributed by atoms with Crippen LogP contribution in [0.4, 0.5) is 0 Å². The third-order valence-corrected chi connectivity index (χ3v) is 3.33. The average Bonchev–Trinajstić information content (AvgIpc) is 2.39. The lowest BCUT2D eigenvalue weighted by molar-refractivity contribution is 0.582. The maximum atomic E-state index is 3.75. The lowest BCUT2D eigenvalue weighted by Crippen LogP contribution is -1.80. The predicted molar refractivity (Wildman–Crippen MR) is 83.7 cm³/mol. The molecule has 0 aliphatic carbocycles. The first-order chi connectivity index (χ1) is 8.91. The highest BCUT2D eigenvalue weighted by molar-refractivity contribution is 4.73. The van der Waals surface area contributed by atoms with E-state index in [1.54, 1.807) is 0 Å². The molecule has 0 heterocycles. The number of allylic oxidation sites excluding steroid dienone is 3. The Kier molecular flexibility index (Phi) is 16.0. The Hall–Kier alpha value is -0.520. The SMILES string of the molecule is C=CCCCCCCCCC/[C]=C/CCCCC. The predicted octanol–water partition coefficient (Wildman–Crippen LogP) is 6.62. The fourth-order valence-electron chi connectivity index (χ4n) is 2.10. The molecule has 0 N–H and O–H groups in total. The molecule has 18 heavy (non-hydrogen) atoms. The van der Waals surface area contributed by atoms with Gasteiger partial charge in [-0.25, -0.2) is 0 Å². The molecule has 0 aromatic heterocycles. The summed E-state index contributed by atoms with van der Waals surface area (Å²) in [6.45, 7) is 6.00. The van der Waals surface area contributed by atoms with Crippen LogP contribution in [-0.4, -0.2) is 0 Å². The standard InChI is InChI=1S/C18H33/c1-3-5-7-9-11-13-15-17-18-16-14-12-10-8-6-4-2/h3,12H,1,4-11,13,15-18H2,2H3. The van der Waals surface area contributed by atoms with Gasteiger partial charge in [0.2, 0.25) is 0 Å². The Morgan fingerprint density at radius 3 is 2.06 bits per heavy atom. The molecule has 0 bridgehead atoms. The molecule has 0 rings (SSSR count). The summed E-state index contributed by atoms with van der Waals surface area (Å²) in [5.74, 6) is 0. The molecule has 0 saturated heterocycles. The van der Waals surface area contributed by atoms with Gasteiger partial charge < -0.3 is 0 Å². The highest BCUT2D eigenvalue weighted by Crippen LogP contribution is 2.10. The highest BCUT2D eigenvalue weighted by atomic mass is 14.0. The molecular weight excluding hydrogens is 216 g/mol. The summed E-state index contributed by atoms with van der Waals surface area (Å²) in [5, 5.41) is 0. The van der Waals surface area contributed by atoms with Crippen LogP contribution in [0.25, 0.3) is 0 Å². The second-order valence-electron chi connectivity index (χ2n) is 5.21. The van der Waals surface area contributed by atoms with E-state index in [4.69, 9.17) is 0 Å². The number of hydrogen-bond acceptors (Lipinski definition) is 0. The minimum absolute atomic E-state index is 1.17. The monoisotopic (exact) mass is 249 g/mol. The minimum atomic E-state index is 1.17. The minimum Gasteiger partial charge on any atom is -0.103 e. The van der Waals surface area contributed by atoms with E-state index in [9.17, 15) is 0 Å². The molecule has 0 atom stereocenters. The second-order valence-corrected chi connectivity index (χ2v) is 5.21. The maximum Gasteiger partial charge on any atom is -0.0279 e. The van der Waals surface area contributed by atoms with Crippen molar-refractivity contribution in [1.82, 2.24) is 0 Å². The topological polar surface area (TPSA) is 0 Å². The largest absolute Gasteiger partial charge is 0.103 e. The van der Waals surface area contributed by atoms with E-state index in [1.165, 1.54) is 83.5 Å². The molecule has 0 aliphatic heterocycles. The molecule has 0 nitrogen and oxygen atoms in total. The zero-order chi connectivity index (χ0) is 13.3. The average molecular weight is 249 g/mol. The first-order valence-corrected chi connectivity index (χ1v) is 8.07. The summed E-state index contributed by atoms with van der Waals surface area (Å²) < 4.78 is 0. The van der Waals surface area contributed by atoms with Crippen molar-refractivity contribution in [3.63, 3.8) is 0 Å². The Morgan fingerprint density at radius 2 is 1.39 bits per heavy atom. The van der Waals surface area contributed by atoms with Crippen LogP contribution in [0.1, 0.15) is 90.4 Å². The first kappa shape index (κ1) is 17.5. The Morgan fingerprint density at radius 1 is 0.778 bits per heavy atom. The molecule has 0 fully saturated rings. The summed E-state index contributed by atoms with van der Waals surface area (Å²) in [6, 6.07) is 0. The van der Waals surface area contributed by atoms with Gasteiger partial charge in [-0.2, -0.15) is 0 Å². The molecule has 0 aromatic rings. The van der Waals surface area contributed by atoms with Crippen molar-refractivity contribution in [3.8, 4) is 0 Å². The van der Waals surface area contributed by atoms with Crippen molar-refractivity contribution in [3.05, 3.63) is 24.8 Å². The smallest absolute Gasteiger partial charge is 0.0279 e. The number of hydrogen-bond donors (Lipinski definition) is 0. The van der Waals surface area contributed by atoms with Crippen LogP contribution in [0, 0.1) is 6.08 Å².